The highest BCUT2D eigenvalue weighted by atomic mass is 32.1. The molecule has 0 spiro atoms. The van der Waals surface area contributed by atoms with Crippen molar-refractivity contribution in [2.45, 2.75) is 25.8 Å². The van der Waals surface area contributed by atoms with Crippen LogP contribution in [0.25, 0.3) is 0 Å². The van der Waals surface area contributed by atoms with E-state index in [0.29, 0.717) is 18.1 Å². The van der Waals surface area contributed by atoms with Gasteiger partial charge in [-0.05, 0) is 18.6 Å². The summed E-state index contributed by atoms with van der Waals surface area (Å²) in [7, 11) is 0. The minimum atomic E-state index is -0.178. The first-order valence-corrected chi connectivity index (χ1v) is 7.83. The van der Waals surface area contributed by atoms with Crippen molar-refractivity contribution in [3.05, 3.63) is 40.4 Å². The van der Waals surface area contributed by atoms with Crippen molar-refractivity contribution in [3.8, 4) is 0 Å². The molecule has 5 nitrogen and oxygen atoms in total. The molecular formula is C15H18N4OS. The van der Waals surface area contributed by atoms with Crippen molar-refractivity contribution in [2.75, 3.05) is 17.6 Å². The maximum absolute atomic E-state index is 12.2. The molecular weight excluding hydrogens is 284 g/mol. The second-order valence-electron chi connectivity index (χ2n) is 5.28. The van der Waals surface area contributed by atoms with Crippen molar-refractivity contribution in [1.29, 1.82) is 0 Å². The third kappa shape index (κ3) is 3.16. The minimum Gasteiger partial charge on any atom is -0.375 e. The van der Waals surface area contributed by atoms with Crippen LogP contribution in [-0.2, 0) is 17.6 Å². The molecule has 6 heteroatoms. The molecule has 3 rings (SSSR count). The first kappa shape index (κ1) is 13.9. The smallest absolute Gasteiger partial charge is 0.242 e. The Hall–Kier alpha value is -2.08. The molecule has 110 valence electrons. The van der Waals surface area contributed by atoms with Gasteiger partial charge in [-0.25, -0.2) is 4.98 Å². The topological polar surface area (TPSA) is 80.0 Å². The second kappa shape index (κ2) is 5.73. The largest absolute Gasteiger partial charge is 0.375 e. The van der Waals surface area contributed by atoms with Crippen LogP contribution >= 0.6 is 11.3 Å². The highest BCUT2D eigenvalue weighted by molar-refractivity contribution is 7.13. The quantitative estimate of drug-likeness (QED) is 0.803. The Bertz CT molecular complexity index is 667. The lowest BCUT2D eigenvalue weighted by Gasteiger charge is -2.11. The van der Waals surface area contributed by atoms with Gasteiger partial charge in [0, 0.05) is 30.5 Å². The molecule has 2 heterocycles. The van der Waals surface area contributed by atoms with Gasteiger partial charge in [0.05, 0.1) is 5.69 Å². The summed E-state index contributed by atoms with van der Waals surface area (Å²) in [6.07, 6.45) is 1.45. The highest BCUT2D eigenvalue weighted by Crippen LogP contribution is 2.26. The molecule has 0 bridgehead atoms. The summed E-state index contributed by atoms with van der Waals surface area (Å²) in [6, 6.07) is 6.05. The monoisotopic (exact) mass is 302 g/mol. The van der Waals surface area contributed by atoms with Crippen LogP contribution in [0.5, 0.6) is 0 Å². The minimum absolute atomic E-state index is 0.0343. The Balaban J connectivity index is 1.51. The predicted molar refractivity (Wildman–Crippen MR) is 85.5 cm³/mol. The second-order valence-corrected chi connectivity index (χ2v) is 6.17. The summed E-state index contributed by atoms with van der Waals surface area (Å²) in [5.74, 6) is 0.0343. The number of benzene rings is 1. The van der Waals surface area contributed by atoms with Gasteiger partial charge >= 0.3 is 0 Å². The molecule has 0 saturated heterocycles. The van der Waals surface area contributed by atoms with E-state index in [4.69, 9.17) is 5.73 Å². The van der Waals surface area contributed by atoms with Crippen LogP contribution in [0.15, 0.2) is 23.6 Å². The number of aryl methyl sites for hydroxylation is 1. The van der Waals surface area contributed by atoms with E-state index in [-0.39, 0.29) is 11.9 Å². The Morgan fingerprint density at radius 3 is 3.19 bits per heavy atom. The summed E-state index contributed by atoms with van der Waals surface area (Å²) in [5, 5.41) is 8.72. The SMILES string of the molecule is Cc1ccc2c(c1)CC(C(=O)NCCc1csc(N)n1)N2. The number of nitrogens with one attached hydrogen (secondary N) is 2. The Morgan fingerprint density at radius 1 is 1.57 bits per heavy atom. The number of nitrogens with two attached hydrogens (primary N) is 1. The van der Waals surface area contributed by atoms with E-state index in [9.17, 15) is 4.79 Å². The van der Waals surface area contributed by atoms with Gasteiger partial charge in [0.25, 0.3) is 0 Å². The molecule has 1 atom stereocenters. The number of anilines is 2. The van der Waals surface area contributed by atoms with E-state index in [1.807, 2.05) is 11.4 Å². The normalized spacial score (nSPS) is 16.3. The first-order valence-electron chi connectivity index (χ1n) is 6.95. The zero-order valence-electron chi connectivity index (χ0n) is 11.8. The number of rotatable bonds is 4. The highest BCUT2D eigenvalue weighted by Gasteiger charge is 2.26. The van der Waals surface area contributed by atoms with E-state index in [0.717, 1.165) is 17.8 Å². The van der Waals surface area contributed by atoms with Gasteiger partial charge in [-0.15, -0.1) is 11.3 Å². The fourth-order valence-corrected chi connectivity index (χ4v) is 3.12. The van der Waals surface area contributed by atoms with Gasteiger partial charge in [-0.3, -0.25) is 4.79 Å². The number of carbonyl (C=O) groups excluding carboxylic acids is 1. The maximum atomic E-state index is 12.2. The average molecular weight is 302 g/mol. The number of amides is 1. The number of hydrogen-bond donors (Lipinski definition) is 3. The van der Waals surface area contributed by atoms with Gasteiger partial charge in [0.1, 0.15) is 6.04 Å². The summed E-state index contributed by atoms with van der Waals surface area (Å²) in [5.41, 5.74) is 10.0. The van der Waals surface area contributed by atoms with Gasteiger partial charge in [0.2, 0.25) is 5.91 Å². The zero-order valence-corrected chi connectivity index (χ0v) is 12.7. The molecule has 1 aromatic heterocycles. The Morgan fingerprint density at radius 2 is 2.43 bits per heavy atom. The number of nitrogen functional groups attached to an aromatic ring is 1. The van der Waals surface area contributed by atoms with Crippen LogP contribution in [0, 0.1) is 6.92 Å². The molecule has 1 unspecified atom stereocenters. The molecule has 1 aromatic carbocycles. The van der Waals surface area contributed by atoms with Gasteiger partial charge < -0.3 is 16.4 Å². The third-order valence-corrected chi connectivity index (χ3v) is 4.30. The first-order chi connectivity index (χ1) is 10.1. The van der Waals surface area contributed by atoms with Crippen LogP contribution in [0.3, 0.4) is 0 Å². The molecule has 0 saturated carbocycles. The summed E-state index contributed by atoms with van der Waals surface area (Å²) in [6.45, 7) is 2.64. The van der Waals surface area contributed by atoms with Crippen molar-refractivity contribution in [3.63, 3.8) is 0 Å². The van der Waals surface area contributed by atoms with Crippen LogP contribution in [0.4, 0.5) is 10.8 Å². The number of thiazole rings is 1. The molecule has 1 amide bonds. The average Bonchev–Trinajstić information content (AvgIpc) is 3.04. The lowest BCUT2D eigenvalue weighted by Crippen LogP contribution is -2.39. The van der Waals surface area contributed by atoms with Crippen LogP contribution in [0.2, 0.25) is 0 Å². The summed E-state index contributed by atoms with van der Waals surface area (Å²) >= 11 is 1.42. The molecule has 2 aromatic rings. The van der Waals surface area contributed by atoms with E-state index >= 15 is 0 Å². The van der Waals surface area contributed by atoms with Crippen LogP contribution in [-0.4, -0.2) is 23.5 Å². The van der Waals surface area contributed by atoms with Crippen LogP contribution < -0.4 is 16.4 Å². The van der Waals surface area contributed by atoms with E-state index in [1.54, 1.807) is 0 Å². The summed E-state index contributed by atoms with van der Waals surface area (Å²) in [4.78, 5) is 16.4. The van der Waals surface area contributed by atoms with Crippen molar-refractivity contribution in [2.24, 2.45) is 0 Å². The molecule has 0 fully saturated rings. The van der Waals surface area contributed by atoms with Crippen LogP contribution in [0.1, 0.15) is 16.8 Å². The molecule has 4 N–H and O–H groups in total. The van der Waals surface area contributed by atoms with E-state index < -0.39 is 0 Å². The van der Waals surface area contributed by atoms with Gasteiger partial charge in [-0.2, -0.15) is 0 Å². The molecule has 1 aliphatic heterocycles. The fraction of sp³-hybridized carbons (Fsp3) is 0.333. The molecule has 0 radical (unpaired) electrons. The number of carbonyl (C=O) groups is 1. The van der Waals surface area contributed by atoms with Gasteiger partial charge in [0.15, 0.2) is 5.13 Å². The number of aromatic nitrogens is 1. The Labute approximate surface area is 127 Å². The predicted octanol–water partition coefficient (Wildman–Crippen LogP) is 1.73. The number of fused-ring (bicyclic) bond motifs is 1. The Kier molecular flexibility index (Phi) is 3.79. The fourth-order valence-electron chi connectivity index (χ4n) is 2.52. The number of nitrogens with zero attached hydrogens (tertiary/aromatic N) is 1. The third-order valence-electron chi connectivity index (χ3n) is 3.58. The van der Waals surface area contributed by atoms with Crippen molar-refractivity contribution >= 4 is 28.1 Å². The molecule has 1 aliphatic rings. The van der Waals surface area contributed by atoms with E-state index in [1.165, 1.54) is 22.5 Å². The lowest BCUT2D eigenvalue weighted by molar-refractivity contribution is -0.121. The molecule has 21 heavy (non-hydrogen) atoms. The standard InChI is InChI=1S/C15H18N4OS/c1-9-2-3-12-10(6-9)7-13(19-12)14(20)17-5-4-11-8-21-15(16)18-11/h2-3,6,8,13,19H,4-5,7H2,1H3,(H2,16,18)(H,17,20). The van der Waals surface area contributed by atoms with Gasteiger partial charge in [-0.1, -0.05) is 17.7 Å². The number of hydrogen-bond acceptors (Lipinski definition) is 5. The molecule has 0 aliphatic carbocycles. The lowest BCUT2D eigenvalue weighted by atomic mass is 10.1. The maximum Gasteiger partial charge on any atom is 0.242 e. The summed E-state index contributed by atoms with van der Waals surface area (Å²) < 4.78 is 0. The van der Waals surface area contributed by atoms with Crippen molar-refractivity contribution < 1.29 is 4.79 Å². The van der Waals surface area contributed by atoms with Crippen molar-refractivity contribution in [1.82, 2.24) is 10.3 Å². The van der Waals surface area contributed by atoms with E-state index in [2.05, 4.69) is 34.7 Å². The zero-order chi connectivity index (χ0) is 14.8.